The highest BCUT2D eigenvalue weighted by atomic mass is 32.1. The van der Waals surface area contributed by atoms with Gasteiger partial charge in [0.25, 0.3) is 11.8 Å². The summed E-state index contributed by atoms with van der Waals surface area (Å²) < 4.78 is 14.1. The number of carbonyl (C=O) groups is 2. The van der Waals surface area contributed by atoms with E-state index < -0.39 is 17.6 Å². The van der Waals surface area contributed by atoms with Crippen LogP contribution in [0.1, 0.15) is 22.9 Å². The van der Waals surface area contributed by atoms with Crippen molar-refractivity contribution in [3.63, 3.8) is 0 Å². The van der Waals surface area contributed by atoms with E-state index in [-0.39, 0.29) is 12.2 Å². The van der Waals surface area contributed by atoms with E-state index in [1.165, 1.54) is 23.0 Å². The van der Waals surface area contributed by atoms with Crippen LogP contribution < -0.4 is 5.32 Å². The molecule has 1 N–H and O–H groups in total. The van der Waals surface area contributed by atoms with Gasteiger partial charge < -0.3 is 5.32 Å². The van der Waals surface area contributed by atoms with Crippen molar-refractivity contribution in [2.45, 2.75) is 19.9 Å². The molecule has 0 saturated carbocycles. The maximum Gasteiger partial charge on any atom is 0.278 e. The van der Waals surface area contributed by atoms with Gasteiger partial charge in [-0.05, 0) is 41.6 Å². The molecule has 29 heavy (non-hydrogen) atoms. The van der Waals surface area contributed by atoms with Crippen LogP contribution in [0.3, 0.4) is 0 Å². The van der Waals surface area contributed by atoms with Crippen molar-refractivity contribution < 1.29 is 14.0 Å². The summed E-state index contributed by atoms with van der Waals surface area (Å²) in [6, 6.07) is 17.5. The molecule has 4 rings (SSSR count). The Kier molecular flexibility index (Phi) is 5.27. The van der Waals surface area contributed by atoms with Gasteiger partial charge in [0.1, 0.15) is 11.5 Å². The summed E-state index contributed by atoms with van der Waals surface area (Å²) in [6.07, 6.45) is 0.914. The average Bonchev–Trinajstić information content (AvgIpc) is 3.33. The van der Waals surface area contributed by atoms with Crippen LogP contribution in [0, 0.1) is 5.82 Å². The third kappa shape index (κ3) is 3.71. The topological polar surface area (TPSA) is 49.4 Å². The van der Waals surface area contributed by atoms with Crippen molar-refractivity contribution in [2.24, 2.45) is 0 Å². The second-order valence-corrected chi connectivity index (χ2v) is 7.64. The van der Waals surface area contributed by atoms with Crippen molar-refractivity contribution in [3.8, 4) is 0 Å². The number of nitrogens with zero attached hydrogens (tertiary/aromatic N) is 1. The highest BCUT2D eigenvalue weighted by Crippen LogP contribution is 2.33. The number of benzene rings is 2. The molecule has 1 aliphatic heterocycles. The lowest BCUT2D eigenvalue weighted by molar-refractivity contribution is -0.137. The molecule has 0 spiro atoms. The van der Waals surface area contributed by atoms with Crippen molar-refractivity contribution in [1.82, 2.24) is 4.90 Å². The zero-order chi connectivity index (χ0) is 20.4. The van der Waals surface area contributed by atoms with Crippen LogP contribution in [0.15, 0.2) is 71.7 Å². The van der Waals surface area contributed by atoms with Crippen LogP contribution in [0.25, 0.3) is 5.57 Å². The smallest absolute Gasteiger partial charge is 0.278 e. The summed E-state index contributed by atoms with van der Waals surface area (Å²) in [4.78, 5) is 28.0. The number of nitrogens with one attached hydrogen (secondary N) is 1. The van der Waals surface area contributed by atoms with Crippen molar-refractivity contribution in [2.75, 3.05) is 5.32 Å². The molecule has 0 radical (unpaired) electrons. The summed E-state index contributed by atoms with van der Waals surface area (Å²) in [6.45, 7) is 1.96. The Morgan fingerprint density at radius 2 is 1.72 bits per heavy atom. The number of anilines is 1. The number of amides is 2. The molecule has 0 aliphatic carbocycles. The number of hydrogen-bond acceptors (Lipinski definition) is 4. The van der Waals surface area contributed by atoms with Gasteiger partial charge in [0.05, 0.1) is 12.1 Å². The number of carbonyl (C=O) groups excluding carboxylic acids is 2. The molecule has 2 amide bonds. The van der Waals surface area contributed by atoms with Crippen LogP contribution >= 0.6 is 11.3 Å². The second-order valence-electron chi connectivity index (χ2n) is 6.69. The van der Waals surface area contributed by atoms with E-state index in [1.807, 2.05) is 35.7 Å². The summed E-state index contributed by atoms with van der Waals surface area (Å²) >= 11 is 1.39. The molecule has 2 aromatic carbocycles. The zero-order valence-corrected chi connectivity index (χ0v) is 16.6. The van der Waals surface area contributed by atoms with Gasteiger partial charge in [0, 0.05) is 16.1 Å². The zero-order valence-electron chi connectivity index (χ0n) is 15.8. The van der Waals surface area contributed by atoms with Crippen LogP contribution in [0.4, 0.5) is 10.1 Å². The van der Waals surface area contributed by atoms with Gasteiger partial charge in [0.15, 0.2) is 0 Å². The first kappa shape index (κ1) is 19.1. The number of hydrogen-bond donors (Lipinski definition) is 1. The lowest BCUT2D eigenvalue weighted by Crippen LogP contribution is -2.32. The van der Waals surface area contributed by atoms with Crippen LogP contribution in [0.5, 0.6) is 0 Å². The van der Waals surface area contributed by atoms with Gasteiger partial charge in [-0.3, -0.25) is 14.5 Å². The summed E-state index contributed by atoms with van der Waals surface area (Å²) in [5.41, 5.74) is 2.74. The van der Waals surface area contributed by atoms with Gasteiger partial charge >= 0.3 is 0 Å². The highest BCUT2D eigenvalue weighted by molar-refractivity contribution is 7.11. The Hall–Kier alpha value is -3.25. The van der Waals surface area contributed by atoms with Crippen molar-refractivity contribution in [1.29, 1.82) is 0 Å². The molecule has 0 fully saturated rings. The number of aryl methyl sites for hydroxylation is 1. The van der Waals surface area contributed by atoms with Crippen LogP contribution in [0.2, 0.25) is 0 Å². The van der Waals surface area contributed by atoms with Gasteiger partial charge in [0.2, 0.25) is 0 Å². The largest absolute Gasteiger partial charge is 0.350 e. The van der Waals surface area contributed by atoms with E-state index >= 15 is 0 Å². The lowest BCUT2D eigenvalue weighted by Gasteiger charge is -2.16. The standard InChI is InChI=1S/C23H19FN2O2S/c1-2-15-9-11-17(12-10-15)25-21-20(19-8-5-13-29-19)22(27)26(23(21)28)14-16-6-3-4-7-18(16)24/h3-13,25H,2,14H2,1H3. The van der Waals surface area contributed by atoms with E-state index in [4.69, 9.17) is 0 Å². The first-order chi connectivity index (χ1) is 14.1. The minimum Gasteiger partial charge on any atom is -0.350 e. The molecule has 0 unspecified atom stereocenters. The fourth-order valence-electron chi connectivity index (χ4n) is 3.25. The third-order valence-corrected chi connectivity index (χ3v) is 5.74. The van der Waals surface area contributed by atoms with E-state index in [0.717, 1.165) is 17.0 Å². The maximum atomic E-state index is 14.1. The van der Waals surface area contributed by atoms with E-state index in [2.05, 4.69) is 12.2 Å². The Morgan fingerprint density at radius 1 is 0.966 bits per heavy atom. The minimum atomic E-state index is -0.457. The van der Waals surface area contributed by atoms with Crippen LogP contribution in [-0.4, -0.2) is 16.7 Å². The molecule has 0 atom stereocenters. The molecule has 1 aromatic heterocycles. The first-order valence-corrected chi connectivity index (χ1v) is 10.2. The van der Waals surface area contributed by atoms with E-state index in [9.17, 15) is 14.0 Å². The van der Waals surface area contributed by atoms with Crippen molar-refractivity contribution >= 4 is 34.4 Å². The van der Waals surface area contributed by atoms with Crippen molar-refractivity contribution in [3.05, 3.63) is 93.6 Å². The molecule has 1 aliphatic rings. The molecular formula is C23H19FN2O2S. The SMILES string of the molecule is CCc1ccc(NC2=C(c3cccs3)C(=O)N(Cc3ccccc3F)C2=O)cc1. The molecular weight excluding hydrogens is 387 g/mol. The molecule has 4 nitrogen and oxygen atoms in total. The fourth-order valence-corrected chi connectivity index (χ4v) is 4.02. The number of rotatable bonds is 6. The normalized spacial score (nSPS) is 14.1. The Morgan fingerprint density at radius 3 is 2.38 bits per heavy atom. The summed E-state index contributed by atoms with van der Waals surface area (Å²) in [5, 5.41) is 4.98. The van der Waals surface area contributed by atoms with Gasteiger partial charge in [-0.1, -0.05) is 43.3 Å². The molecule has 2 heterocycles. The monoisotopic (exact) mass is 406 g/mol. The Bertz CT molecular complexity index is 1090. The predicted molar refractivity (Wildman–Crippen MR) is 113 cm³/mol. The number of halogens is 1. The maximum absolute atomic E-state index is 14.1. The van der Waals surface area contributed by atoms with E-state index in [1.54, 1.807) is 24.3 Å². The molecule has 146 valence electrons. The Balaban J connectivity index is 1.69. The van der Waals surface area contributed by atoms with Gasteiger partial charge in [-0.15, -0.1) is 11.3 Å². The molecule has 0 bridgehead atoms. The minimum absolute atomic E-state index is 0.112. The van der Waals surface area contributed by atoms with Gasteiger partial charge in [-0.25, -0.2) is 4.39 Å². The summed E-state index contributed by atoms with van der Waals surface area (Å²) in [7, 11) is 0. The quantitative estimate of drug-likeness (QED) is 0.596. The molecule has 3 aromatic rings. The van der Waals surface area contributed by atoms with E-state index in [0.29, 0.717) is 16.0 Å². The van der Waals surface area contributed by atoms with Crippen LogP contribution in [-0.2, 0) is 22.6 Å². The fraction of sp³-hybridized carbons (Fsp3) is 0.130. The first-order valence-electron chi connectivity index (χ1n) is 9.32. The lowest BCUT2D eigenvalue weighted by atomic mass is 10.1. The van der Waals surface area contributed by atoms with Gasteiger partial charge in [-0.2, -0.15) is 0 Å². The Labute approximate surface area is 172 Å². The number of thiophene rings is 1. The predicted octanol–water partition coefficient (Wildman–Crippen LogP) is 4.84. The molecule has 0 saturated heterocycles. The summed E-state index contributed by atoms with van der Waals surface area (Å²) in [5.74, 6) is -1.32. The number of imide groups is 1. The highest BCUT2D eigenvalue weighted by Gasteiger charge is 2.39. The molecule has 6 heteroatoms. The third-order valence-electron chi connectivity index (χ3n) is 4.85. The second kappa shape index (κ2) is 8.01. The average molecular weight is 406 g/mol.